The fraction of sp³-hybridized carbons (Fsp3) is 0.500. The van der Waals surface area contributed by atoms with Crippen molar-refractivity contribution >= 4 is 20.7 Å². The molecule has 0 unspecified atom stereocenters. The third kappa shape index (κ3) is 86.3. The molecule has 0 aliphatic heterocycles. The van der Waals surface area contributed by atoms with Crippen molar-refractivity contribution in [3.05, 3.63) is 0 Å². The molecule has 1 nitrogen and oxygen atoms in total. The molecule has 0 N–H and O–H groups in total. The molecule has 0 saturated carbocycles. The van der Waals surface area contributed by atoms with E-state index < -0.39 is 0 Å². The first-order valence-electron chi connectivity index (χ1n) is 0.908. The van der Waals surface area contributed by atoms with Crippen LogP contribution in [0.25, 0.3) is 0 Å². The van der Waals surface area contributed by atoms with Gasteiger partial charge in [0.15, 0.2) is 0 Å². The summed E-state index contributed by atoms with van der Waals surface area (Å²) in [7, 11) is 0. The van der Waals surface area contributed by atoms with Crippen LogP contribution in [0.4, 0.5) is 0 Å². The van der Waals surface area contributed by atoms with Gasteiger partial charge in [-0.25, -0.2) is 0 Å². The van der Waals surface area contributed by atoms with E-state index in [0.29, 0.717) is 0 Å². The van der Waals surface area contributed by atoms with E-state index in [1.807, 2.05) is 0 Å². The van der Waals surface area contributed by atoms with Crippen molar-refractivity contribution in [2.24, 2.45) is 0 Å². The van der Waals surface area contributed by atoms with E-state index in [-0.39, 0.29) is 4.68 Å². The number of hydrogen-bond donors (Lipinski definition) is 0. The number of carbonyl (C=O) groups is 1. The minimum absolute atomic E-state index is 0.0417. The van der Waals surface area contributed by atoms with Gasteiger partial charge in [-0.05, 0) is 0 Å². The van der Waals surface area contributed by atoms with Crippen LogP contribution in [-0.4, -0.2) is 20.7 Å². The van der Waals surface area contributed by atoms with Gasteiger partial charge in [0.25, 0.3) is 0 Å². The molecule has 22 valence electrons. The monoisotopic (exact) mass is 123 g/mol. The van der Waals surface area contributed by atoms with E-state index in [9.17, 15) is 4.79 Å². The molecule has 0 atom stereocenters. The van der Waals surface area contributed by atoms with Crippen LogP contribution in [0.1, 0.15) is 6.92 Å². The summed E-state index contributed by atoms with van der Waals surface area (Å²) in [5, 5.41) is 0. The Morgan fingerprint density at radius 1 is 2.00 bits per heavy atom. The standard InChI is InChI=1S/C2H3OSe/c1-2(3)4/h1H3/q+1. The molecule has 0 aliphatic rings. The summed E-state index contributed by atoms with van der Waals surface area (Å²) in [6.45, 7) is 1.47. The van der Waals surface area contributed by atoms with E-state index in [4.69, 9.17) is 0 Å². The second-order valence-corrected chi connectivity index (χ2v) is 1.70. The van der Waals surface area contributed by atoms with Gasteiger partial charge in [0, 0.05) is 0 Å². The molecule has 0 aliphatic carbocycles. The van der Waals surface area contributed by atoms with Gasteiger partial charge in [0.05, 0.1) is 0 Å². The third-order valence-corrected chi connectivity index (χ3v) is 0. The SMILES string of the molecule is CC(=O)[Se+]. The van der Waals surface area contributed by atoms with E-state index in [2.05, 4.69) is 16.0 Å². The molecule has 0 aromatic heterocycles. The zero-order valence-corrected chi connectivity index (χ0v) is 4.03. The molecule has 0 amide bonds. The number of carbonyl (C=O) groups excluding carboxylic acids is 1. The minimum atomic E-state index is 0.0417. The van der Waals surface area contributed by atoms with Crippen molar-refractivity contribution in [2.45, 2.75) is 6.92 Å². The average Bonchev–Trinajstić information content (AvgIpc) is 0.811. The summed E-state index contributed by atoms with van der Waals surface area (Å²) < 4.78 is 0.0417. The molecule has 2 radical (unpaired) electrons. The van der Waals surface area contributed by atoms with Gasteiger partial charge in [-0.15, -0.1) is 0 Å². The van der Waals surface area contributed by atoms with Crippen LogP contribution in [0.5, 0.6) is 0 Å². The Balaban J connectivity index is 2.80. The molecule has 0 aromatic carbocycles. The predicted octanol–water partition coefficient (Wildman–Crippen LogP) is -0.299. The Labute approximate surface area is 33.2 Å². The maximum absolute atomic E-state index is 9.39. The summed E-state index contributed by atoms with van der Waals surface area (Å²) in [5.74, 6) is 0. The van der Waals surface area contributed by atoms with Gasteiger partial charge < -0.3 is 0 Å². The van der Waals surface area contributed by atoms with Crippen molar-refractivity contribution < 1.29 is 4.79 Å². The fourth-order valence-electron chi connectivity index (χ4n) is 0. The van der Waals surface area contributed by atoms with Crippen LogP contribution in [0.2, 0.25) is 0 Å². The van der Waals surface area contributed by atoms with Crippen molar-refractivity contribution in [3.8, 4) is 0 Å². The summed E-state index contributed by atoms with van der Waals surface area (Å²) in [6.07, 6.45) is 0. The van der Waals surface area contributed by atoms with E-state index in [1.165, 1.54) is 6.92 Å². The van der Waals surface area contributed by atoms with Gasteiger partial charge in [-0.3, -0.25) is 0 Å². The summed E-state index contributed by atoms with van der Waals surface area (Å²) in [6, 6.07) is 0. The second kappa shape index (κ2) is 1.50. The van der Waals surface area contributed by atoms with Crippen LogP contribution in [0, 0.1) is 0 Å². The fourth-order valence-corrected chi connectivity index (χ4v) is 0. The first-order valence-corrected chi connectivity index (χ1v) is 1.76. The van der Waals surface area contributed by atoms with Gasteiger partial charge in [-0.2, -0.15) is 0 Å². The molecule has 0 rings (SSSR count). The number of rotatable bonds is 0. The van der Waals surface area contributed by atoms with Crippen LogP contribution in [0.15, 0.2) is 0 Å². The van der Waals surface area contributed by atoms with Gasteiger partial charge in [-0.1, -0.05) is 0 Å². The Bertz CT molecular complexity index is 29.0. The van der Waals surface area contributed by atoms with Crippen molar-refractivity contribution in [3.63, 3.8) is 0 Å². The third-order valence-electron chi connectivity index (χ3n) is 0. The molecule has 0 heterocycles. The van der Waals surface area contributed by atoms with Crippen molar-refractivity contribution in [1.82, 2.24) is 0 Å². The molecular formula is C2H3OSe+. The molecule has 0 spiro atoms. The van der Waals surface area contributed by atoms with Gasteiger partial charge in [0.2, 0.25) is 0 Å². The zero-order chi connectivity index (χ0) is 3.58. The Hall–Kier alpha value is 0.189. The van der Waals surface area contributed by atoms with Crippen LogP contribution in [-0.2, 0) is 4.79 Å². The maximum atomic E-state index is 9.39. The summed E-state index contributed by atoms with van der Waals surface area (Å²) in [5.41, 5.74) is 0. The second-order valence-electron chi connectivity index (χ2n) is 0.492. The first-order chi connectivity index (χ1) is 1.73. The molecule has 0 aromatic rings. The Morgan fingerprint density at radius 3 is 2.00 bits per heavy atom. The molecular weight excluding hydrogens is 119 g/mol. The van der Waals surface area contributed by atoms with E-state index >= 15 is 0 Å². The Kier molecular flexibility index (Phi) is 1.57. The van der Waals surface area contributed by atoms with E-state index in [0.717, 1.165) is 0 Å². The molecule has 0 saturated heterocycles. The van der Waals surface area contributed by atoms with Crippen molar-refractivity contribution in [2.75, 3.05) is 0 Å². The zero-order valence-electron chi connectivity index (χ0n) is 2.32. The molecule has 4 heavy (non-hydrogen) atoms. The van der Waals surface area contributed by atoms with E-state index in [1.54, 1.807) is 0 Å². The quantitative estimate of drug-likeness (QED) is 0.403. The Morgan fingerprint density at radius 2 is 2.00 bits per heavy atom. The summed E-state index contributed by atoms with van der Waals surface area (Å²) in [4.78, 5) is 9.39. The van der Waals surface area contributed by atoms with Crippen molar-refractivity contribution in [1.29, 1.82) is 0 Å². The van der Waals surface area contributed by atoms with Gasteiger partial charge in [0.1, 0.15) is 0 Å². The average molecular weight is 122 g/mol. The van der Waals surface area contributed by atoms with Crippen LogP contribution in [0.3, 0.4) is 0 Å². The predicted molar refractivity (Wildman–Crippen MR) is 16.4 cm³/mol. The van der Waals surface area contributed by atoms with Crippen LogP contribution < -0.4 is 0 Å². The molecule has 2 heteroatoms. The topological polar surface area (TPSA) is 17.1 Å². The number of hydrogen-bond acceptors (Lipinski definition) is 1. The first kappa shape index (κ1) is 4.19. The van der Waals surface area contributed by atoms with Gasteiger partial charge >= 0.3 is 32.4 Å². The molecule has 0 fully saturated rings. The molecule has 0 bridgehead atoms. The van der Waals surface area contributed by atoms with Crippen LogP contribution >= 0.6 is 0 Å². The summed E-state index contributed by atoms with van der Waals surface area (Å²) >= 11 is 2.26. The normalized spacial score (nSPS) is 6.25.